The Morgan fingerprint density at radius 1 is 1.27 bits per heavy atom. The number of esters is 1. The molecule has 1 fully saturated rings. The molecular formula is C27H34O6. The van der Waals surface area contributed by atoms with Crippen molar-refractivity contribution in [2.45, 2.75) is 90.4 Å². The van der Waals surface area contributed by atoms with Crippen molar-refractivity contribution in [1.82, 2.24) is 0 Å². The highest BCUT2D eigenvalue weighted by atomic mass is 16.6. The van der Waals surface area contributed by atoms with E-state index in [9.17, 15) is 19.5 Å². The second-order valence-electron chi connectivity index (χ2n) is 9.96. The summed E-state index contributed by atoms with van der Waals surface area (Å²) in [6.45, 7) is 8.92. The van der Waals surface area contributed by atoms with Crippen LogP contribution < -0.4 is 0 Å². The molecule has 0 spiro atoms. The summed E-state index contributed by atoms with van der Waals surface area (Å²) in [5.41, 5.74) is 0.986. The van der Waals surface area contributed by atoms with Crippen LogP contribution in [-0.4, -0.2) is 39.9 Å². The molecule has 1 saturated heterocycles. The molecule has 2 atom stereocenters. The molecule has 3 aliphatic rings. The Morgan fingerprint density at radius 3 is 2.67 bits per heavy atom. The molecule has 1 aliphatic carbocycles. The van der Waals surface area contributed by atoms with E-state index in [-0.39, 0.29) is 23.3 Å². The minimum absolute atomic E-state index is 0.147. The van der Waals surface area contributed by atoms with Gasteiger partial charge in [-0.25, -0.2) is 4.79 Å². The molecule has 0 bridgehead atoms. The number of carbonyl (C=O) groups excluding carboxylic acids is 3. The lowest BCUT2D eigenvalue weighted by molar-refractivity contribution is -0.162. The quantitative estimate of drug-likeness (QED) is 0.262. The molecular weight excluding hydrogens is 420 g/mol. The van der Waals surface area contributed by atoms with Crippen LogP contribution in [0.3, 0.4) is 0 Å². The second-order valence-corrected chi connectivity index (χ2v) is 9.96. The fourth-order valence-corrected chi connectivity index (χ4v) is 4.21. The summed E-state index contributed by atoms with van der Waals surface area (Å²) in [4.78, 5) is 36.7. The predicted octanol–water partition coefficient (Wildman–Crippen LogP) is 4.59. The lowest BCUT2D eigenvalue weighted by atomic mass is 9.88. The summed E-state index contributed by atoms with van der Waals surface area (Å²) in [5.74, 6) is -0.606. The van der Waals surface area contributed by atoms with Crippen LogP contribution in [0.1, 0.15) is 73.1 Å². The molecule has 0 amide bonds. The minimum Gasteiger partial charge on any atom is -0.479 e. The predicted molar refractivity (Wildman–Crippen MR) is 125 cm³/mol. The second kappa shape index (κ2) is 9.64. The molecule has 0 aromatic carbocycles. The van der Waals surface area contributed by atoms with E-state index in [4.69, 9.17) is 9.47 Å². The number of ketones is 2. The molecule has 1 N–H and O–H groups in total. The van der Waals surface area contributed by atoms with Crippen molar-refractivity contribution in [2.24, 2.45) is 0 Å². The summed E-state index contributed by atoms with van der Waals surface area (Å²) >= 11 is 0. The molecule has 3 rings (SSSR count). The zero-order chi connectivity index (χ0) is 24.4. The Kier molecular flexibility index (Phi) is 7.27. The monoisotopic (exact) mass is 454 g/mol. The molecule has 0 aromatic heterocycles. The van der Waals surface area contributed by atoms with Gasteiger partial charge in [0.15, 0.2) is 11.5 Å². The molecule has 6 heteroatoms. The normalized spacial score (nSPS) is 27.4. The molecule has 0 radical (unpaired) electrons. The fourth-order valence-electron chi connectivity index (χ4n) is 4.21. The van der Waals surface area contributed by atoms with E-state index in [2.05, 4.69) is 13.0 Å². The summed E-state index contributed by atoms with van der Waals surface area (Å²) in [7, 11) is 0. The molecule has 178 valence electrons. The van der Waals surface area contributed by atoms with Gasteiger partial charge in [-0.15, -0.1) is 0 Å². The highest BCUT2D eigenvalue weighted by Crippen LogP contribution is 2.34. The molecule has 33 heavy (non-hydrogen) atoms. The van der Waals surface area contributed by atoms with E-state index in [0.29, 0.717) is 36.0 Å². The molecule has 6 nitrogen and oxygen atoms in total. The Bertz CT molecular complexity index is 998. The van der Waals surface area contributed by atoms with Crippen LogP contribution in [0.4, 0.5) is 0 Å². The van der Waals surface area contributed by atoms with Crippen molar-refractivity contribution in [2.75, 3.05) is 0 Å². The van der Waals surface area contributed by atoms with E-state index in [1.165, 1.54) is 11.6 Å². The molecule has 2 heterocycles. The molecule has 0 aromatic rings. The number of Topliss-reactive ketones (excluding diaryl/α,β-unsaturated/α-hetero) is 1. The van der Waals surface area contributed by atoms with Gasteiger partial charge in [0, 0.05) is 11.1 Å². The summed E-state index contributed by atoms with van der Waals surface area (Å²) in [5, 5.41) is 10.0. The maximum Gasteiger partial charge on any atom is 0.334 e. The van der Waals surface area contributed by atoms with Crippen LogP contribution in [0, 0.1) is 0 Å². The van der Waals surface area contributed by atoms with Gasteiger partial charge < -0.3 is 14.6 Å². The summed E-state index contributed by atoms with van der Waals surface area (Å²) < 4.78 is 11.3. The lowest BCUT2D eigenvalue weighted by Gasteiger charge is -2.33. The van der Waals surface area contributed by atoms with Gasteiger partial charge in [-0.3, -0.25) is 9.59 Å². The molecule has 0 saturated carbocycles. The summed E-state index contributed by atoms with van der Waals surface area (Å²) in [6.07, 6.45) is 12.8. The zero-order valence-corrected chi connectivity index (χ0v) is 20.2. The van der Waals surface area contributed by atoms with Gasteiger partial charge in [0.05, 0.1) is 11.2 Å². The third-order valence-corrected chi connectivity index (χ3v) is 6.39. The number of rotatable bonds is 7. The number of hydrogen-bond acceptors (Lipinski definition) is 6. The van der Waals surface area contributed by atoms with E-state index in [1.54, 1.807) is 26.8 Å². The topological polar surface area (TPSA) is 89.9 Å². The van der Waals surface area contributed by atoms with Gasteiger partial charge in [-0.2, -0.15) is 0 Å². The third kappa shape index (κ3) is 5.99. The SMILES string of the molecule is CC(=CCCC1(C)C=CC2=C(O1)C(=O)C=C(C)C2=O)CCC=C1CCC(C(C)(C)O)OC1=O. The first-order valence-electron chi connectivity index (χ1n) is 11.6. The number of aliphatic hydroxyl groups is 1. The first kappa shape index (κ1) is 24.9. The maximum absolute atomic E-state index is 12.3. The van der Waals surface area contributed by atoms with Crippen molar-refractivity contribution in [3.05, 3.63) is 58.4 Å². The standard InChI is InChI=1S/C27H34O6/c1-17(8-6-10-19-11-12-22(26(3,4)31)32-25(19)30)9-7-14-27(5)15-13-20-23(29)18(2)16-21(28)24(20)33-27/h9-10,13,15-16,22,31H,6-8,11-12,14H2,1-5H3. The van der Waals surface area contributed by atoms with Crippen LogP contribution in [0.5, 0.6) is 0 Å². The van der Waals surface area contributed by atoms with Crippen molar-refractivity contribution in [3.63, 3.8) is 0 Å². The highest BCUT2D eigenvalue weighted by Gasteiger charge is 2.36. The van der Waals surface area contributed by atoms with E-state index in [0.717, 1.165) is 19.3 Å². The van der Waals surface area contributed by atoms with Crippen molar-refractivity contribution >= 4 is 17.5 Å². The number of ether oxygens (including phenoxy) is 2. The number of carbonyl (C=O) groups is 3. The maximum atomic E-state index is 12.3. The van der Waals surface area contributed by atoms with E-state index in [1.807, 2.05) is 19.1 Å². The Morgan fingerprint density at radius 2 is 2.00 bits per heavy atom. The van der Waals surface area contributed by atoms with Crippen LogP contribution in [0.15, 0.2) is 58.4 Å². The highest BCUT2D eigenvalue weighted by molar-refractivity contribution is 6.23. The van der Waals surface area contributed by atoms with Gasteiger partial charge in [0.25, 0.3) is 0 Å². The van der Waals surface area contributed by atoms with E-state index >= 15 is 0 Å². The lowest BCUT2D eigenvalue weighted by Crippen LogP contribution is -2.42. The smallest absolute Gasteiger partial charge is 0.334 e. The number of allylic oxidation sites excluding steroid dienone is 7. The minimum atomic E-state index is -1.03. The molecule has 2 aliphatic heterocycles. The van der Waals surface area contributed by atoms with E-state index < -0.39 is 17.3 Å². The number of hydrogen-bond donors (Lipinski definition) is 1. The third-order valence-electron chi connectivity index (χ3n) is 6.39. The van der Waals surface area contributed by atoms with Gasteiger partial charge in [0.1, 0.15) is 11.7 Å². The van der Waals surface area contributed by atoms with Crippen LogP contribution in [0.25, 0.3) is 0 Å². The van der Waals surface area contributed by atoms with Gasteiger partial charge in [-0.1, -0.05) is 17.7 Å². The Labute approximate surface area is 195 Å². The largest absolute Gasteiger partial charge is 0.479 e. The Hall–Kier alpha value is -2.73. The van der Waals surface area contributed by atoms with Gasteiger partial charge >= 0.3 is 5.97 Å². The number of cyclic esters (lactones) is 1. The average Bonchev–Trinajstić information content (AvgIpc) is 2.72. The first-order chi connectivity index (χ1) is 15.4. The van der Waals surface area contributed by atoms with Gasteiger partial charge in [0.2, 0.25) is 5.78 Å². The fraction of sp³-hybridized carbons (Fsp3) is 0.519. The van der Waals surface area contributed by atoms with Crippen LogP contribution >= 0.6 is 0 Å². The van der Waals surface area contributed by atoms with Crippen molar-refractivity contribution in [3.8, 4) is 0 Å². The van der Waals surface area contributed by atoms with Gasteiger partial charge in [-0.05, 0) is 91.4 Å². The van der Waals surface area contributed by atoms with Crippen LogP contribution in [-0.2, 0) is 23.9 Å². The first-order valence-corrected chi connectivity index (χ1v) is 11.6. The zero-order valence-electron chi connectivity index (χ0n) is 20.2. The van der Waals surface area contributed by atoms with Crippen molar-refractivity contribution < 1.29 is 29.0 Å². The van der Waals surface area contributed by atoms with Crippen LogP contribution in [0.2, 0.25) is 0 Å². The Balaban J connectivity index is 1.48. The van der Waals surface area contributed by atoms with Crippen molar-refractivity contribution in [1.29, 1.82) is 0 Å². The summed E-state index contributed by atoms with van der Waals surface area (Å²) in [6, 6.07) is 0. The molecule has 2 unspecified atom stereocenters. The average molecular weight is 455 g/mol.